The first-order valence-electron chi connectivity index (χ1n) is 8.38. The molecule has 0 amide bonds. The Morgan fingerprint density at radius 3 is 1.25 bits per heavy atom. The molecule has 0 saturated heterocycles. The molecule has 0 fully saturated rings. The summed E-state index contributed by atoms with van der Waals surface area (Å²) in [5, 5.41) is 0. The largest absolute Gasteiger partial charge is 0.300 e. The van der Waals surface area contributed by atoms with Gasteiger partial charge in [-0.25, -0.2) is 0 Å². The van der Waals surface area contributed by atoms with E-state index in [0.717, 1.165) is 11.1 Å². The van der Waals surface area contributed by atoms with E-state index in [0.29, 0.717) is 0 Å². The van der Waals surface area contributed by atoms with E-state index >= 15 is 0 Å². The van der Waals surface area contributed by atoms with E-state index in [9.17, 15) is 9.59 Å². The van der Waals surface area contributed by atoms with Crippen LogP contribution in [0.25, 0.3) is 0 Å². The molecule has 0 N–H and O–H groups in total. The van der Waals surface area contributed by atoms with Gasteiger partial charge in [0.1, 0.15) is 11.6 Å². The average molecular weight is 318 g/mol. The monoisotopic (exact) mass is 318 g/mol. The van der Waals surface area contributed by atoms with E-state index in [2.05, 4.69) is 12.2 Å². The molecule has 0 radical (unpaired) electrons. The topological polar surface area (TPSA) is 34.1 Å². The minimum absolute atomic E-state index is 0.0439. The maximum Gasteiger partial charge on any atom is 0.134 e. The van der Waals surface area contributed by atoms with Gasteiger partial charge in [-0.1, -0.05) is 72.8 Å². The van der Waals surface area contributed by atoms with Crippen molar-refractivity contribution in [1.82, 2.24) is 0 Å². The summed E-state index contributed by atoms with van der Waals surface area (Å²) in [6.07, 6.45) is 4.22. The second kappa shape index (κ2) is 6.96. The molecule has 1 aliphatic carbocycles. The summed E-state index contributed by atoms with van der Waals surface area (Å²) in [6, 6.07) is 20.0. The summed E-state index contributed by atoms with van der Waals surface area (Å²) in [4.78, 5) is 25.0. The lowest BCUT2D eigenvalue weighted by Crippen LogP contribution is -2.38. The van der Waals surface area contributed by atoms with Gasteiger partial charge in [-0.05, 0) is 25.0 Å². The normalized spacial score (nSPS) is 26.1. The molecule has 0 bridgehead atoms. The number of allylic oxidation sites excluding steroid dienone is 2. The Hall–Kier alpha value is -2.48. The molecule has 4 atom stereocenters. The third kappa shape index (κ3) is 3.09. The molecule has 0 aliphatic heterocycles. The van der Waals surface area contributed by atoms with Crippen molar-refractivity contribution in [2.75, 3.05) is 0 Å². The Morgan fingerprint density at radius 2 is 0.958 bits per heavy atom. The van der Waals surface area contributed by atoms with Crippen molar-refractivity contribution in [3.63, 3.8) is 0 Å². The molecule has 3 rings (SSSR count). The fourth-order valence-electron chi connectivity index (χ4n) is 3.92. The molecule has 122 valence electrons. The molecule has 2 heteroatoms. The predicted octanol–water partition coefficient (Wildman–Crippen LogP) is 4.53. The van der Waals surface area contributed by atoms with Crippen molar-refractivity contribution in [1.29, 1.82) is 0 Å². The Morgan fingerprint density at radius 1 is 0.625 bits per heavy atom. The van der Waals surface area contributed by atoms with Crippen LogP contribution in [-0.4, -0.2) is 11.6 Å². The van der Waals surface area contributed by atoms with Crippen LogP contribution in [0.15, 0.2) is 72.8 Å². The number of rotatable bonds is 4. The first kappa shape index (κ1) is 16.4. The molecule has 0 spiro atoms. The smallest absolute Gasteiger partial charge is 0.134 e. The number of hydrogen-bond acceptors (Lipinski definition) is 2. The molecule has 0 aromatic heterocycles. The van der Waals surface area contributed by atoms with Gasteiger partial charge in [0.2, 0.25) is 0 Å². The van der Waals surface area contributed by atoms with E-state index in [1.165, 1.54) is 0 Å². The standard InChI is InChI=1S/C22H22O2/c1-15(23)21-19(17-9-5-3-6-10-17)13-14-20(22(21)16(2)24)18-11-7-4-8-12-18/h3-14,19-22H,1-2H3. The summed E-state index contributed by atoms with van der Waals surface area (Å²) in [6.45, 7) is 3.22. The predicted molar refractivity (Wildman–Crippen MR) is 95.8 cm³/mol. The second-order valence-corrected chi connectivity index (χ2v) is 6.53. The highest BCUT2D eigenvalue weighted by Crippen LogP contribution is 2.45. The van der Waals surface area contributed by atoms with E-state index in [-0.39, 0.29) is 35.2 Å². The van der Waals surface area contributed by atoms with Crippen molar-refractivity contribution in [3.8, 4) is 0 Å². The minimum Gasteiger partial charge on any atom is -0.300 e. The molecule has 0 saturated carbocycles. The van der Waals surface area contributed by atoms with Crippen LogP contribution in [0, 0.1) is 11.8 Å². The highest BCUT2D eigenvalue weighted by molar-refractivity contribution is 5.90. The van der Waals surface area contributed by atoms with Crippen LogP contribution in [0.5, 0.6) is 0 Å². The lowest BCUT2D eigenvalue weighted by atomic mass is 9.64. The third-order valence-corrected chi connectivity index (χ3v) is 4.99. The zero-order chi connectivity index (χ0) is 17.1. The molecule has 24 heavy (non-hydrogen) atoms. The lowest BCUT2D eigenvalue weighted by Gasteiger charge is -2.37. The average Bonchev–Trinajstić information content (AvgIpc) is 2.61. The Balaban J connectivity index is 2.09. The zero-order valence-corrected chi connectivity index (χ0v) is 14.1. The number of hydrogen-bond donors (Lipinski definition) is 0. The second-order valence-electron chi connectivity index (χ2n) is 6.53. The molecule has 2 aromatic carbocycles. The van der Waals surface area contributed by atoms with Gasteiger partial charge in [0.25, 0.3) is 0 Å². The number of benzene rings is 2. The molecule has 2 aromatic rings. The highest BCUT2D eigenvalue weighted by Gasteiger charge is 2.42. The van der Waals surface area contributed by atoms with Crippen LogP contribution >= 0.6 is 0 Å². The Labute approximate surface area is 143 Å². The fourth-order valence-corrected chi connectivity index (χ4v) is 3.92. The number of carbonyl (C=O) groups is 2. The van der Waals surface area contributed by atoms with Crippen LogP contribution in [0.3, 0.4) is 0 Å². The molecular formula is C22H22O2. The molecule has 2 nitrogen and oxygen atoms in total. The number of carbonyl (C=O) groups excluding carboxylic acids is 2. The van der Waals surface area contributed by atoms with Gasteiger partial charge < -0.3 is 0 Å². The van der Waals surface area contributed by atoms with E-state index in [1.54, 1.807) is 13.8 Å². The van der Waals surface area contributed by atoms with Crippen molar-refractivity contribution in [2.45, 2.75) is 25.7 Å². The fraction of sp³-hybridized carbons (Fsp3) is 0.273. The molecular weight excluding hydrogens is 296 g/mol. The van der Waals surface area contributed by atoms with E-state index < -0.39 is 0 Å². The van der Waals surface area contributed by atoms with Crippen molar-refractivity contribution in [3.05, 3.63) is 83.9 Å². The summed E-state index contributed by atoms with van der Waals surface area (Å²) in [7, 11) is 0. The van der Waals surface area contributed by atoms with Crippen molar-refractivity contribution >= 4 is 11.6 Å². The first-order valence-corrected chi connectivity index (χ1v) is 8.38. The van der Waals surface area contributed by atoms with Gasteiger partial charge in [-0.15, -0.1) is 0 Å². The number of Topliss-reactive ketones (excluding diaryl/α,β-unsaturated/α-hetero) is 2. The van der Waals surface area contributed by atoms with E-state index in [1.807, 2.05) is 60.7 Å². The quantitative estimate of drug-likeness (QED) is 0.776. The summed E-state index contributed by atoms with van der Waals surface area (Å²) in [5.74, 6) is -0.570. The zero-order valence-electron chi connectivity index (χ0n) is 14.1. The molecule has 0 heterocycles. The third-order valence-electron chi connectivity index (χ3n) is 4.99. The minimum atomic E-state index is -0.319. The van der Waals surface area contributed by atoms with Crippen LogP contribution in [0.2, 0.25) is 0 Å². The van der Waals surface area contributed by atoms with Gasteiger partial charge in [0, 0.05) is 23.7 Å². The van der Waals surface area contributed by atoms with Crippen molar-refractivity contribution in [2.24, 2.45) is 11.8 Å². The van der Waals surface area contributed by atoms with Gasteiger partial charge in [0.15, 0.2) is 0 Å². The van der Waals surface area contributed by atoms with Crippen LogP contribution in [0.1, 0.15) is 36.8 Å². The maximum atomic E-state index is 12.5. The lowest BCUT2D eigenvalue weighted by molar-refractivity contribution is -0.131. The summed E-state index contributed by atoms with van der Waals surface area (Å²) >= 11 is 0. The molecule has 1 aliphatic rings. The summed E-state index contributed by atoms with van der Waals surface area (Å²) < 4.78 is 0. The number of ketones is 2. The van der Waals surface area contributed by atoms with E-state index in [4.69, 9.17) is 0 Å². The van der Waals surface area contributed by atoms with Crippen LogP contribution in [0.4, 0.5) is 0 Å². The van der Waals surface area contributed by atoms with Gasteiger partial charge in [0.05, 0.1) is 0 Å². The Bertz CT molecular complexity index is 681. The van der Waals surface area contributed by atoms with Crippen LogP contribution < -0.4 is 0 Å². The maximum absolute atomic E-state index is 12.5. The first-order chi connectivity index (χ1) is 11.6. The highest BCUT2D eigenvalue weighted by atomic mass is 16.1. The van der Waals surface area contributed by atoms with Gasteiger partial charge >= 0.3 is 0 Å². The van der Waals surface area contributed by atoms with Gasteiger partial charge in [-0.2, -0.15) is 0 Å². The Kier molecular flexibility index (Phi) is 4.75. The van der Waals surface area contributed by atoms with Gasteiger partial charge in [-0.3, -0.25) is 9.59 Å². The SMILES string of the molecule is CC(=O)C1C(c2ccccc2)C=CC(c2ccccc2)C1C(C)=O. The van der Waals surface area contributed by atoms with Crippen LogP contribution in [-0.2, 0) is 9.59 Å². The molecule has 4 unspecified atom stereocenters. The summed E-state index contributed by atoms with van der Waals surface area (Å²) in [5.41, 5.74) is 2.18. The van der Waals surface area contributed by atoms with Crippen molar-refractivity contribution < 1.29 is 9.59 Å².